The van der Waals surface area contributed by atoms with Crippen LogP contribution in [0.2, 0.25) is 0 Å². The minimum atomic E-state index is -5.65. The van der Waals surface area contributed by atoms with E-state index in [9.17, 15) is 30.7 Å². The van der Waals surface area contributed by atoms with Gasteiger partial charge < -0.3 is 5.73 Å². The number of nitrogens with two attached hydrogens (primary N) is 1. The van der Waals surface area contributed by atoms with Crippen LogP contribution in [0, 0.1) is 34.6 Å². The third kappa shape index (κ3) is 2.12. The topological polar surface area (TPSA) is 67.6 Å². The molecule has 0 saturated heterocycles. The summed E-state index contributed by atoms with van der Waals surface area (Å²) < 4.78 is 91.8. The number of anilines is 1. The van der Waals surface area contributed by atoms with Crippen molar-refractivity contribution in [3.8, 4) is 11.8 Å². The molecule has 1 heterocycles. The molecule has 4 nitrogen and oxygen atoms in total. The number of nitrogen functional groups attached to an aromatic ring is 1. The van der Waals surface area contributed by atoms with Crippen LogP contribution in [-0.2, 0) is 6.18 Å². The van der Waals surface area contributed by atoms with Crippen molar-refractivity contribution in [2.75, 3.05) is 5.73 Å². The molecule has 0 aliphatic carbocycles. The average molecular weight is 324 g/mol. The van der Waals surface area contributed by atoms with Crippen LogP contribution in [0.1, 0.15) is 11.1 Å². The van der Waals surface area contributed by atoms with E-state index in [4.69, 9.17) is 11.0 Å². The highest BCUT2D eigenvalue weighted by Crippen LogP contribution is 2.38. The van der Waals surface area contributed by atoms with Crippen molar-refractivity contribution in [1.82, 2.24) is 9.78 Å². The Kier molecular flexibility index (Phi) is 3.48. The van der Waals surface area contributed by atoms with E-state index in [1.165, 1.54) is 6.07 Å². The second-order valence-corrected chi connectivity index (χ2v) is 3.94. The molecule has 0 bridgehead atoms. The standard InChI is InChI=1S/C11H3F7N4/c12-5-4(11(16,17)18)6(13)8(15)9(7(5)14)22-10(20)3(1-19)2-21-22/h2H,20H2. The van der Waals surface area contributed by atoms with Crippen LogP contribution >= 0.6 is 0 Å². The van der Waals surface area contributed by atoms with E-state index in [-0.39, 0.29) is 10.2 Å². The highest BCUT2D eigenvalue weighted by atomic mass is 19.4. The van der Waals surface area contributed by atoms with Gasteiger partial charge in [0.15, 0.2) is 23.3 Å². The molecule has 0 spiro atoms. The van der Waals surface area contributed by atoms with Crippen molar-refractivity contribution in [1.29, 1.82) is 5.26 Å². The van der Waals surface area contributed by atoms with Gasteiger partial charge in [0.05, 0.1) is 6.20 Å². The Balaban J connectivity index is 2.86. The molecule has 0 aliphatic rings. The number of aromatic nitrogens is 2. The van der Waals surface area contributed by atoms with Crippen LogP contribution in [0.15, 0.2) is 6.20 Å². The van der Waals surface area contributed by atoms with Crippen molar-refractivity contribution in [2.24, 2.45) is 0 Å². The molecule has 0 saturated carbocycles. The van der Waals surface area contributed by atoms with E-state index in [1.807, 2.05) is 0 Å². The Hall–Kier alpha value is -2.77. The molecule has 1 aromatic heterocycles. The second-order valence-electron chi connectivity index (χ2n) is 3.94. The molecule has 1 aromatic carbocycles. The van der Waals surface area contributed by atoms with E-state index in [1.54, 1.807) is 0 Å². The van der Waals surface area contributed by atoms with Crippen LogP contribution in [0.25, 0.3) is 5.69 Å². The van der Waals surface area contributed by atoms with Gasteiger partial charge in [0.25, 0.3) is 0 Å². The lowest BCUT2D eigenvalue weighted by Crippen LogP contribution is -2.18. The first kappa shape index (κ1) is 15.6. The summed E-state index contributed by atoms with van der Waals surface area (Å²) >= 11 is 0. The molecule has 2 rings (SSSR count). The van der Waals surface area contributed by atoms with E-state index in [2.05, 4.69) is 5.10 Å². The van der Waals surface area contributed by atoms with Gasteiger partial charge in [-0.15, -0.1) is 0 Å². The molecule has 116 valence electrons. The Morgan fingerprint density at radius 2 is 1.55 bits per heavy atom. The van der Waals surface area contributed by atoms with Crippen molar-refractivity contribution in [3.63, 3.8) is 0 Å². The highest BCUT2D eigenvalue weighted by Gasteiger charge is 2.43. The Labute approximate surface area is 117 Å². The zero-order chi connectivity index (χ0) is 16.8. The molecule has 0 radical (unpaired) electrons. The molecule has 0 aliphatic heterocycles. The van der Waals surface area contributed by atoms with Gasteiger partial charge in [-0.25, -0.2) is 22.2 Å². The number of hydrogen-bond acceptors (Lipinski definition) is 3. The summed E-state index contributed by atoms with van der Waals surface area (Å²) in [6.07, 6.45) is -4.93. The van der Waals surface area contributed by atoms with Crippen LogP contribution in [-0.4, -0.2) is 9.78 Å². The zero-order valence-electron chi connectivity index (χ0n) is 10.1. The van der Waals surface area contributed by atoms with E-state index in [0.717, 1.165) is 6.20 Å². The normalized spacial score (nSPS) is 11.5. The first-order chi connectivity index (χ1) is 10.1. The Morgan fingerprint density at radius 1 is 1.05 bits per heavy atom. The minimum Gasteiger partial charge on any atom is -0.382 e. The number of hydrogen-bond donors (Lipinski definition) is 1. The predicted octanol–water partition coefficient (Wildman–Crippen LogP) is 2.90. The summed E-state index contributed by atoms with van der Waals surface area (Å²) in [4.78, 5) is 0. The molecule has 2 aromatic rings. The van der Waals surface area contributed by atoms with E-state index in [0.29, 0.717) is 0 Å². The molecule has 22 heavy (non-hydrogen) atoms. The van der Waals surface area contributed by atoms with E-state index < -0.39 is 46.5 Å². The van der Waals surface area contributed by atoms with Crippen LogP contribution in [0.3, 0.4) is 0 Å². The summed E-state index contributed by atoms with van der Waals surface area (Å²) in [5.74, 6) is -10.7. The Bertz CT molecular complexity index is 771. The maximum absolute atomic E-state index is 13.7. The predicted molar refractivity (Wildman–Crippen MR) is 57.5 cm³/mol. The number of rotatable bonds is 1. The van der Waals surface area contributed by atoms with Crippen LogP contribution in [0.5, 0.6) is 0 Å². The van der Waals surface area contributed by atoms with Gasteiger partial charge in [-0.3, -0.25) is 0 Å². The highest BCUT2D eigenvalue weighted by molar-refractivity contribution is 5.54. The van der Waals surface area contributed by atoms with Gasteiger partial charge in [-0.05, 0) is 0 Å². The summed E-state index contributed by atoms with van der Waals surface area (Å²) in [7, 11) is 0. The lowest BCUT2D eigenvalue weighted by atomic mass is 10.1. The van der Waals surface area contributed by atoms with Gasteiger partial charge in [-0.1, -0.05) is 0 Å². The summed E-state index contributed by atoms with van der Waals surface area (Å²) in [5.41, 5.74) is 0.590. The minimum absolute atomic E-state index is 0.0928. The van der Waals surface area contributed by atoms with Gasteiger partial charge in [0.2, 0.25) is 0 Å². The summed E-state index contributed by atoms with van der Waals surface area (Å²) in [5, 5.41) is 11.8. The maximum Gasteiger partial charge on any atom is 0.422 e. The largest absolute Gasteiger partial charge is 0.422 e. The quantitative estimate of drug-likeness (QED) is 0.648. The third-order valence-electron chi connectivity index (χ3n) is 2.66. The first-order valence-electron chi connectivity index (χ1n) is 5.28. The van der Waals surface area contributed by atoms with Gasteiger partial charge >= 0.3 is 6.18 Å². The van der Waals surface area contributed by atoms with Crippen molar-refractivity contribution in [2.45, 2.75) is 6.18 Å². The zero-order valence-corrected chi connectivity index (χ0v) is 10.1. The lowest BCUT2D eigenvalue weighted by Gasteiger charge is -2.14. The first-order valence-corrected chi connectivity index (χ1v) is 5.28. The SMILES string of the molecule is N#Cc1cnn(-c2c(F)c(F)c(C(F)(F)F)c(F)c2F)c1N. The smallest absolute Gasteiger partial charge is 0.382 e. The fraction of sp³-hybridized carbons (Fsp3) is 0.0909. The number of benzene rings is 1. The average Bonchev–Trinajstić information content (AvgIpc) is 2.77. The monoisotopic (exact) mass is 324 g/mol. The van der Waals surface area contributed by atoms with Crippen molar-refractivity contribution in [3.05, 3.63) is 40.6 Å². The van der Waals surface area contributed by atoms with Gasteiger partial charge in [0, 0.05) is 0 Å². The molecule has 0 unspecified atom stereocenters. The van der Waals surface area contributed by atoms with Crippen molar-refractivity contribution < 1.29 is 30.7 Å². The molecule has 0 amide bonds. The number of nitrogens with zero attached hydrogens (tertiary/aromatic N) is 3. The summed E-state index contributed by atoms with van der Waals surface area (Å²) in [6, 6.07) is 1.47. The number of alkyl halides is 3. The fourth-order valence-electron chi connectivity index (χ4n) is 1.68. The summed E-state index contributed by atoms with van der Waals surface area (Å²) in [6.45, 7) is 0. The lowest BCUT2D eigenvalue weighted by molar-refractivity contribution is -0.143. The molecule has 11 heteroatoms. The molecule has 0 fully saturated rings. The van der Waals surface area contributed by atoms with Gasteiger partial charge in [-0.2, -0.15) is 23.5 Å². The van der Waals surface area contributed by atoms with Gasteiger partial charge in [0.1, 0.15) is 28.7 Å². The molecule has 2 N–H and O–H groups in total. The molecule has 0 atom stereocenters. The van der Waals surface area contributed by atoms with Crippen LogP contribution < -0.4 is 5.73 Å². The Morgan fingerprint density at radius 3 is 1.91 bits per heavy atom. The maximum atomic E-state index is 13.7. The molecular weight excluding hydrogens is 321 g/mol. The number of halogens is 7. The van der Waals surface area contributed by atoms with Crippen LogP contribution in [0.4, 0.5) is 36.6 Å². The molecular formula is C11H3F7N4. The van der Waals surface area contributed by atoms with Crippen molar-refractivity contribution >= 4 is 5.82 Å². The third-order valence-corrected chi connectivity index (χ3v) is 2.66. The fourth-order valence-corrected chi connectivity index (χ4v) is 1.68. The van der Waals surface area contributed by atoms with E-state index >= 15 is 0 Å². The number of nitriles is 1. The second kappa shape index (κ2) is 4.90.